The van der Waals surface area contributed by atoms with Crippen LogP contribution >= 0.6 is 11.3 Å². The first-order valence-corrected chi connectivity index (χ1v) is 9.09. The van der Waals surface area contributed by atoms with E-state index in [1.54, 1.807) is 24.6 Å². The average molecular weight is 352 g/mol. The van der Waals surface area contributed by atoms with Crippen LogP contribution in [0.5, 0.6) is 0 Å². The lowest BCUT2D eigenvalue weighted by Gasteiger charge is -2.37. The summed E-state index contributed by atoms with van der Waals surface area (Å²) < 4.78 is 0. The summed E-state index contributed by atoms with van der Waals surface area (Å²) in [6.45, 7) is 1.95. The van der Waals surface area contributed by atoms with Crippen LogP contribution in [0.2, 0.25) is 0 Å². The van der Waals surface area contributed by atoms with Crippen LogP contribution in [0.15, 0.2) is 17.5 Å². The maximum absolute atomic E-state index is 12.3. The predicted octanol–water partition coefficient (Wildman–Crippen LogP) is 2.36. The minimum atomic E-state index is -1.20. The number of aliphatic carboxylic acids is 1. The van der Waals surface area contributed by atoms with Crippen LogP contribution < -0.4 is 5.32 Å². The van der Waals surface area contributed by atoms with Crippen molar-refractivity contribution in [3.63, 3.8) is 0 Å². The van der Waals surface area contributed by atoms with Crippen LogP contribution in [0.25, 0.3) is 0 Å². The molecule has 1 saturated carbocycles. The van der Waals surface area contributed by atoms with E-state index in [9.17, 15) is 19.5 Å². The van der Waals surface area contributed by atoms with Crippen molar-refractivity contribution in [2.75, 3.05) is 13.6 Å². The van der Waals surface area contributed by atoms with Crippen LogP contribution in [-0.2, 0) is 9.59 Å². The highest BCUT2D eigenvalue weighted by Crippen LogP contribution is 2.34. The molecule has 0 unspecified atom stereocenters. The van der Waals surface area contributed by atoms with Crippen molar-refractivity contribution >= 4 is 29.1 Å². The standard InChI is InChI=1S/C17H24N2O4S/c1-3-12-6-8-17(9-7-12,16(22)23)18-14(20)11-19(2)15(21)13-5-4-10-24-13/h4-5,10,12H,3,6-9,11H2,1-2H3,(H,18,20)(H,22,23). The lowest BCUT2D eigenvalue weighted by molar-refractivity contribution is -0.149. The van der Waals surface area contributed by atoms with E-state index in [4.69, 9.17) is 0 Å². The Hall–Kier alpha value is -1.89. The molecular formula is C17H24N2O4S. The number of thiophene rings is 1. The van der Waals surface area contributed by atoms with Gasteiger partial charge >= 0.3 is 5.97 Å². The summed E-state index contributed by atoms with van der Waals surface area (Å²) in [6.07, 6.45) is 3.51. The highest BCUT2D eigenvalue weighted by Gasteiger charge is 2.43. The third-order valence-electron chi connectivity index (χ3n) is 4.78. The molecule has 1 fully saturated rings. The highest BCUT2D eigenvalue weighted by atomic mass is 32.1. The second kappa shape index (κ2) is 7.79. The van der Waals surface area contributed by atoms with Gasteiger partial charge in [0.25, 0.3) is 5.91 Å². The van der Waals surface area contributed by atoms with E-state index >= 15 is 0 Å². The van der Waals surface area contributed by atoms with Gasteiger partial charge in [0.2, 0.25) is 5.91 Å². The van der Waals surface area contributed by atoms with Gasteiger partial charge in [-0.15, -0.1) is 11.3 Å². The first-order chi connectivity index (χ1) is 11.4. The minimum absolute atomic E-state index is 0.150. The maximum Gasteiger partial charge on any atom is 0.329 e. The molecule has 24 heavy (non-hydrogen) atoms. The lowest BCUT2D eigenvalue weighted by atomic mass is 9.75. The van der Waals surface area contributed by atoms with Crippen molar-refractivity contribution in [2.45, 2.75) is 44.6 Å². The predicted molar refractivity (Wildman–Crippen MR) is 92.0 cm³/mol. The second-order valence-corrected chi connectivity index (χ2v) is 7.37. The van der Waals surface area contributed by atoms with Crippen molar-refractivity contribution in [1.29, 1.82) is 0 Å². The molecule has 0 aromatic carbocycles. The average Bonchev–Trinajstić information content (AvgIpc) is 3.08. The Bertz CT molecular complexity index is 592. The zero-order valence-corrected chi connectivity index (χ0v) is 14.9. The molecule has 132 valence electrons. The normalized spacial score (nSPS) is 23.5. The number of hydrogen-bond acceptors (Lipinski definition) is 4. The van der Waals surface area contributed by atoms with E-state index in [2.05, 4.69) is 12.2 Å². The monoisotopic (exact) mass is 352 g/mol. The largest absolute Gasteiger partial charge is 0.480 e. The van der Waals surface area contributed by atoms with E-state index in [-0.39, 0.29) is 12.5 Å². The summed E-state index contributed by atoms with van der Waals surface area (Å²) in [5.74, 6) is -1.13. The summed E-state index contributed by atoms with van der Waals surface area (Å²) >= 11 is 1.31. The van der Waals surface area contributed by atoms with Crippen LogP contribution in [0.3, 0.4) is 0 Å². The zero-order valence-electron chi connectivity index (χ0n) is 14.1. The van der Waals surface area contributed by atoms with Crippen molar-refractivity contribution in [1.82, 2.24) is 10.2 Å². The van der Waals surface area contributed by atoms with Crippen LogP contribution in [-0.4, -0.2) is 46.9 Å². The summed E-state index contributed by atoms with van der Waals surface area (Å²) in [5.41, 5.74) is -1.20. The van der Waals surface area contributed by atoms with Gasteiger partial charge in [-0.2, -0.15) is 0 Å². The fourth-order valence-electron chi connectivity index (χ4n) is 3.15. The maximum atomic E-state index is 12.3. The van der Waals surface area contributed by atoms with Crippen molar-refractivity contribution in [2.24, 2.45) is 5.92 Å². The van der Waals surface area contributed by atoms with Gasteiger partial charge in [0.15, 0.2) is 0 Å². The molecule has 6 nitrogen and oxygen atoms in total. The molecule has 1 heterocycles. The van der Waals surface area contributed by atoms with Gasteiger partial charge in [0.05, 0.1) is 11.4 Å². The first-order valence-electron chi connectivity index (χ1n) is 8.21. The molecule has 0 radical (unpaired) electrons. The zero-order chi connectivity index (χ0) is 17.7. The van der Waals surface area contributed by atoms with Gasteiger partial charge in [0.1, 0.15) is 5.54 Å². The van der Waals surface area contributed by atoms with Crippen LogP contribution in [0.1, 0.15) is 48.7 Å². The van der Waals surface area contributed by atoms with Gasteiger partial charge in [-0.25, -0.2) is 4.79 Å². The minimum Gasteiger partial charge on any atom is -0.480 e. The Morgan fingerprint density at radius 3 is 2.54 bits per heavy atom. The summed E-state index contributed by atoms with van der Waals surface area (Å²) in [4.78, 5) is 38.1. The molecule has 7 heteroatoms. The van der Waals surface area contributed by atoms with E-state index < -0.39 is 17.4 Å². The van der Waals surface area contributed by atoms with Crippen molar-refractivity contribution < 1.29 is 19.5 Å². The smallest absolute Gasteiger partial charge is 0.329 e. The molecule has 0 bridgehead atoms. The Labute approximate surface area is 145 Å². The quantitative estimate of drug-likeness (QED) is 0.823. The Balaban J connectivity index is 1.96. The molecule has 2 amide bonds. The molecule has 1 aromatic rings. The number of nitrogens with zero attached hydrogens (tertiary/aromatic N) is 1. The lowest BCUT2D eigenvalue weighted by Crippen LogP contribution is -2.58. The van der Waals surface area contributed by atoms with Gasteiger partial charge in [-0.1, -0.05) is 19.4 Å². The topological polar surface area (TPSA) is 86.7 Å². The van der Waals surface area contributed by atoms with E-state index in [1.807, 2.05) is 0 Å². The third kappa shape index (κ3) is 4.14. The fourth-order valence-corrected chi connectivity index (χ4v) is 3.87. The number of hydrogen-bond donors (Lipinski definition) is 2. The Morgan fingerprint density at radius 2 is 2.04 bits per heavy atom. The number of carbonyl (C=O) groups excluding carboxylic acids is 2. The number of nitrogens with one attached hydrogen (secondary N) is 1. The number of carboxylic acids is 1. The van der Waals surface area contributed by atoms with E-state index in [0.29, 0.717) is 23.6 Å². The Kier molecular flexibility index (Phi) is 5.99. The highest BCUT2D eigenvalue weighted by molar-refractivity contribution is 7.12. The van der Waals surface area contributed by atoms with Crippen molar-refractivity contribution in [3.05, 3.63) is 22.4 Å². The van der Waals surface area contributed by atoms with Gasteiger partial charge in [0, 0.05) is 7.05 Å². The molecule has 1 aromatic heterocycles. The fraction of sp³-hybridized carbons (Fsp3) is 0.588. The molecule has 0 saturated heterocycles. The molecule has 2 N–H and O–H groups in total. The van der Waals surface area contributed by atoms with E-state index in [1.165, 1.54) is 16.2 Å². The second-order valence-electron chi connectivity index (χ2n) is 6.43. The Morgan fingerprint density at radius 1 is 1.38 bits per heavy atom. The van der Waals surface area contributed by atoms with E-state index in [0.717, 1.165) is 19.3 Å². The summed E-state index contributed by atoms with van der Waals surface area (Å²) in [7, 11) is 1.54. The summed E-state index contributed by atoms with van der Waals surface area (Å²) in [6, 6.07) is 3.48. The number of carbonyl (C=O) groups is 3. The number of likely N-dealkylation sites (N-methyl/N-ethyl adjacent to an activating group) is 1. The first kappa shape index (κ1) is 18.4. The third-order valence-corrected chi connectivity index (χ3v) is 5.64. The van der Waals surface area contributed by atoms with Crippen LogP contribution in [0, 0.1) is 5.92 Å². The molecule has 1 aliphatic rings. The van der Waals surface area contributed by atoms with Crippen molar-refractivity contribution in [3.8, 4) is 0 Å². The molecular weight excluding hydrogens is 328 g/mol. The van der Waals surface area contributed by atoms with Crippen LogP contribution in [0.4, 0.5) is 0 Å². The molecule has 2 rings (SSSR count). The molecule has 1 aliphatic carbocycles. The number of rotatable bonds is 6. The number of carboxylic acid groups (broad SMARTS) is 1. The molecule has 0 aliphatic heterocycles. The van der Waals surface area contributed by atoms with Gasteiger partial charge < -0.3 is 15.3 Å². The molecule has 0 atom stereocenters. The SMILES string of the molecule is CCC1CCC(NC(=O)CN(C)C(=O)c2cccs2)(C(=O)O)CC1. The summed E-state index contributed by atoms with van der Waals surface area (Å²) in [5, 5.41) is 14.1. The number of amides is 2. The van der Waals surface area contributed by atoms with Gasteiger partial charge in [-0.3, -0.25) is 9.59 Å². The molecule has 0 spiro atoms. The van der Waals surface area contributed by atoms with Gasteiger partial charge in [-0.05, 0) is 43.0 Å².